The lowest BCUT2D eigenvalue weighted by atomic mass is 9.95. The van der Waals surface area contributed by atoms with Crippen molar-refractivity contribution in [3.05, 3.63) is 75.1 Å². The van der Waals surface area contributed by atoms with Crippen LogP contribution in [0.1, 0.15) is 23.0 Å². The van der Waals surface area contributed by atoms with Gasteiger partial charge in [0.15, 0.2) is 10.8 Å². The Labute approximate surface area is 204 Å². The molecule has 2 aliphatic rings. The van der Waals surface area contributed by atoms with Gasteiger partial charge in [0.1, 0.15) is 17.9 Å². The van der Waals surface area contributed by atoms with Gasteiger partial charge in [0.2, 0.25) is 0 Å². The minimum absolute atomic E-state index is 0.00121. The van der Waals surface area contributed by atoms with Gasteiger partial charge in [-0.1, -0.05) is 23.7 Å². The first kappa shape index (κ1) is 24.1. The molecule has 11 heteroatoms. The summed E-state index contributed by atoms with van der Waals surface area (Å²) in [6.07, 6.45) is 3.78. The lowest BCUT2D eigenvalue weighted by Gasteiger charge is -2.30. The maximum Gasteiger partial charge on any atom is 0.338 e. The molecule has 4 rings (SSSR count). The minimum atomic E-state index is -0.952. The van der Waals surface area contributed by atoms with E-state index in [0.717, 1.165) is 6.07 Å². The van der Waals surface area contributed by atoms with Gasteiger partial charge in [-0.2, -0.15) is 0 Å². The number of ether oxygens (including phenoxy) is 1. The fraction of sp³-hybridized carbons (Fsp3) is 0.304. The number of methoxy groups -OCH3 is 1. The molecule has 8 nitrogen and oxygen atoms in total. The number of aromatic nitrogens is 1. The summed E-state index contributed by atoms with van der Waals surface area (Å²) in [7, 11) is 1.25. The molecule has 3 atom stereocenters. The Hall–Kier alpha value is -3.08. The molecule has 2 aliphatic heterocycles. The first-order valence-corrected chi connectivity index (χ1v) is 11.7. The van der Waals surface area contributed by atoms with Crippen LogP contribution in [0.15, 0.2) is 58.7 Å². The van der Waals surface area contributed by atoms with Gasteiger partial charge in [-0.3, -0.25) is 14.7 Å². The second kappa shape index (κ2) is 10.0. The molecule has 34 heavy (non-hydrogen) atoms. The molecule has 0 bridgehead atoms. The molecule has 1 aromatic carbocycles. The summed E-state index contributed by atoms with van der Waals surface area (Å²) in [6, 6.07) is 2.22. The van der Waals surface area contributed by atoms with Gasteiger partial charge in [0.25, 0.3) is 0 Å². The van der Waals surface area contributed by atoms with Crippen molar-refractivity contribution < 1.29 is 23.8 Å². The van der Waals surface area contributed by atoms with Crippen LogP contribution in [0.2, 0.25) is 5.02 Å². The third-order valence-electron chi connectivity index (χ3n) is 5.84. The maximum atomic E-state index is 13.8. The lowest BCUT2D eigenvalue weighted by Crippen LogP contribution is -2.43. The predicted molar refractivity (Wildman–Crippen MR) is 126 cm³/mol. The molecule has 0 aliphatic carbocycles. The van der Waals surface area contributed by atoms with E-state index in [9.17, 15) is 19.1 Å². The van der Waals surface area contributed by atoms with Gasteiger partial charge in [-0.25, -0.2) is 14.2 Å². The summed E-state index contributed by atoms with van der Waals surface area (Å²) in [5.74, 6) is -1.73. The number of amidine groups is 1. The molecule has 0 radical (unpaired) electrons. The highest BCUT2D eigenvalue weighted by atomic mass is 35.5. The summed E-state index contributed by atoms with van der Waals surface area (Å²) < 4.78 is 18.8. The molecule has 1 fully saturated rings. The SMILES string of the molecule is C=C[C@@H]1C[C@@H](C(=O)O)N(CC2=C(C(=O)OC)[C@H](c3ccc(F)cc3Cl)N=C(c3nccs3)N2)C1. The number of hydrogen-bond acceptors (Lipinski definition) is 8. The van der Waals surface area contributed by atoms with Crippen LogP contribution in [-0.4, -0.2) is 59.0 Å². The van der Waals surface area contributed by atoms with Gasteiger partial charge in [-0.15, -0.1) is 17.9 Å². The van der Waals surface area contributed by atoms with E-state index < -0.39 is 29.8 Å². The number of nitrogens with zero attached hydrogens (tertiary/aromatic N) is 3. The molecule has 1 saturated heterocycles. The third kappa shape index (κ3) is 4.75. The number of hydrogen-bond donors (Lipinski definition) is 2. The van der Waals surface area contributed by atoms with E-state index in [1.165, 1.54) is 30.6 Å². The highest BCUT2D eigenvalue weighted by Crippen LogP contribution is 2.37. The zero-order valence-electron chi connectivity index (χ0n) is 18.2. The Morgan fingerprint density at radius 2 is 2.26 bits per heavy atom. The van der Waals surface area contributed by atoms with Crippen molar-refractivity contribution in [2.75, 3.05) is 20.2 Å². The van der Waals surface area contributed by atoms with Crippen molar-refractivity contribution in [3.8, 4) is 0 Å². The monoisotopic (exact) mass is 504 g/mol. The summed E-state index contributed by atoms with van der Waals surface area (Å²) in [5, 5.41) is 15.4. The van der Waals surface area contributed by atoms with Crippen LogP contribution in [0.25, 0.3) is 0 Å². The fourth-order valence-electron chi connectivity index (χ4n) is 4.21. The topological polar surface area (TPSA) is 104 Å². The fourth-order valence-corrected chi connectivity index (χ4v) is 5.07. The Morgan fingerprint density at radius 3 is 2.88 bits per heavy atom. The Balaban J connectivity index is 1.83. The number of likely N-dealkylation sites (tertiary alicyclic amines) is 1. The van der Waals surface area contributed by atoms with E-state index in [2.05, 4.69) is 21.9 Å². The van der Waals surface area contributed by atoms with Gasteiger partial charge in [-0.05, 0) is 24.5 Å². The number of carboxylic acid groups (broad SMARTS) is 1. The number of carbonyl (C=O) groups excluding carboxylic acids is 1. The van der Waals surface area contributed by atoms with Crippen molar-refractivity contribution in [2.45, 2.75) is 18.5 Å². The number of aliphatic imine (C=N–C) groups is 1. The van der Waals surface area contributed by atoms with Crippen LogP contribution in [0.3, 0.4) is 0 Å². The Bertz CT molecular complexity index is 1180. The highest BCUT2D eigenvalue weighted by Gasteiger charge is 2.39. The minimum Gasteiger partial charge on any atom is -0.480 e. The van der Waals surface area contributed by atoms with Crippen LogP contribution in [0.4, 0.5) is 4.39 Å². The van der Waals surface area contributed by atoms with E-state index in [4.69, 9.17) is 16.3 Å². The molecule has 0 unspecified atom stereocenters. The lowest BCUT2D eigenvalue weighted by molar-refractivity contribution is -0.142. The van der Waals surface area contributed by atoms with E-state index in [0.29, 0.717) is 35.1 Å². The van der Waals surface area contributed by atoms with Crippen molar-refractivity contribution in [3.63, 3.8) is 0 Å². The van der Waals surface area contributed by atoms with Crippen LogP contribution < -0.4 is 5.32 Å². The summed E-state index contributed by atoms with van der Waals surface area (Å²) in [4.78, 5) is 35.6. The van der Waals surface area contributed by atoms with E-state index in [1.54, 1.807) is 22.6 Å². The van der Waals surface area contributed by atoms with E-state index in [-0.39, 0.29) is 23.1 Å². The molecule has 0 amide bonds. The average Bonchev–Trinajstić information content (AvgIpc) is 3.48. The van der Waals surface area contributed by atoms with E-state index in [1.807, 2.05) is 0 Å². The second-order valence-electron chi connectivity index (χ2n) is 7.91. The van der Waals surface area contributed by atoms with Gasteiger partial charge in [0, 0.05) is 40.9 Å². The predicted octanol–water partition coefficient (Wildman–Crippen LogP) is 3.41. The summed E-state index contributed by atoms with van der Waals surface area (Å²) >= 11 is 7.70. The van der Waals surface area contributed by atoms with Crippen LogP contribution >= 0.6 is 22.9 Å². The zero-order chi connectivity index (χ0) is 24.4. The normalized spacial score (nSPS) is 22.8. The van der Waals surface area contributed by atoms with Crippen molar-refractivity contribution in [2.24, 2.45) is 10.9 Å². The van der Waals surface area contributed by atoms with Gasteiger partial charge >= 0.3 is 11.9 Å². The smallest absolute Gasteiger partial charge is 0.338 e. The van der Waals surface area contributed by atoms with Crippen molar-refractivity contribution in [1.82, 2.24) is 15.2 Å². The molecular formula is C23H22ClFN4O4S. The maximum absolute atomic E-state index is 13.8. The quantitative estimate of drug-likeness (QED) is 0.440. The number of nitrogens with one attached hydrogen (secondary N) is 1. The van der Waals surface area contributed by atoms with Gasteiger partial charge in [0.05, 0.1) is 12.7 Å². The first-order chi connectivity index (χ1) is 16.3. The number of carboxylic acids is 1. The van der Waals surface area contributed by atoms with Gasteiger partial charge < -0.3 is 15.2 Å². The summed E-state index contributed by atoms with van der Waals surface area (Å²) in [5.41, 5.74) is 1.01. The van der Waals surface area contributed by atoms with Crippen molar-refractivity contribution >= 4 is 40.7 Å². The second-order valence-corrected chi connectivity index (χ2v) is 9.21. The number of aliphatic carboxylic acids is 1. The largest absolute Gasteiger partial charge is 0.480 e. The number of carbonyl (C=O) groups is 2. The average molecular weight is 505 g/mol. The molecule has 1 aromatic heterocycles. The number of benzene rings is 1. The molecule has 2 aromatic rings. The molecule has 0 spiro atoms. The summed E-state index contributed by atoms with van der Waals surface area (Å²) in [6.45, 7) is 4.38. The van der Waals surface area contributed by atoms with E-state index >= 15 is 0 Å². The molecule has 2 N–H and O–H groups in total. The first-order valence-electron chi connectivity index (χ1n) is 10.4. The molecular weight excluding hydrogens is 483 g/mol. The molecule has 3 heterocycles. The van der Waals surface area contributed by atoms with Crippen LogP contribution in [0.5, 0.6) is 0 Å². The standard InChI is InChI=1S/C23H22ClFN4O4S/c1-3-12-8-17(22(30)31)29(10-12)11-16-18(23(32)33-2)19(14-5-4-13(25)9-15(14)24)28-20(27-16)21-26-6-7-34-21/h3-7,9,12,17,19H,1,8,10-11H2,2H3,(H,27,28)(H,30,31)/t12-,17+,19+/m1/s1. The van der Waals surface area contributed by atoms with Crippen molar-refractivity contribution in [1.29, 1.82) is 0 Å². The molecule has 0 saturated carbocycles. The number of esters is 1. The zero-order valence-corrected chi connectivity index (χ0v) is 19.8. The number of thiazole rings is 1. The Morgan fingerprint density at radius 1 is 1.47 bits per heavy atom. The van der Waals surface area contributed by atoms with Crippen LogP contribution in [0, 0.1) is 11.7 Å². The highest BCUT2D eigenvalue weighted by molar-refractivity contribution is 7.11. The number of rotatable bonds is 7. The van der Waals surface area contributed by atoms with Crippen LogP contribution in [-0.2, 0) is 14.3 Å². The number of halogens is 2. The Kier molecular flexibility index (Phi) is 7.11. The third-order valence-corrected chi connectivity index (χ3v) is 6.95. The molecule has 178 valence electrons.